The highest BCUT2D eigenvalue weighted by Gasteiger charge is 2.13. The molecule has 0 aromatic heterocycles. The summed E-state index contributed by atoms with van der Waals surface area (Å²) >= 11 is 2.27. The van der Waals surface area contributed by atoms with Crippen molar-refractivity contribution in [3.05, 3.63) is 57.2 Å². The summed E-state index contributed by atoms with van der Waals surface area (Å²) in [7, 11) is 1.62. The number of benzene rings is 2. The number of aryl methyl sites for hydroxylation is 1. The van der Waals surface area contributed by atoms with E-state index >= 15 is 0 Å². The van der Waals surface area contributed by atoms with E-state index in [4.69, 9.17) is 4.74 Å². The highest BCUT2D eigenvalue weighted by molar-refractivity contribution is 14.1. The number of aliphatic hydroxyl groups excluding tert-OH is 1. The van der Waals surface area contributed by atoms with Crippen molar-refractivity contribution in [1.82, 2.24) is 0 Å². The van der Waals surface area contributed by atoms with Crippen molar-refractivity contribution in [1.29, 1.82) is 0 Å². The Morgan fingerprint density at radius 2 is 1.90 bits per heavy atom. The van der Waals surface area contributed by atoms with Gasteiger partial charge in [-0.15, -0.1) is 0 Å². The zero-order chi connectivity index (χ0) is 14.5. The molecule has 0 aliphatic rings. The molecule has 1 atom stereocenters. The fraction of sp³-hybridized carbons (Fsp3) is 0.250. The van der Waals surface area contributed by atoms with Gasteiger partial charge in [0.05, 0.1) is 13.2 Å². The van der Waals surface area contributed by atoms with Crippen molar-refractivity contribution in [3.63, 3.8) is 0 Å². The van der Waals surface area contributed by atoms with Crippen LogP contribution in [0.2, 0.25) is 0 Å². The third kappa shape index (κ3) is 3.86. The first kappa shape index (κ1) is 15.1. The molecule has 0 heterocycles. The van der Waals surface area contributed by atoms with Crippen LogP contribution in [0.4, 0.5) is 5.69 Å². The van der Waals surface area contributed by atoms with Crippen LogP contribution >= 0.6 is 22.6 Å². The van der Waals surface area contributed by atoms with Crippen LogP contribution in [-0.2, 0) is 0 Å². The van der Waals surface area contributed by atoms with E-state index in [0.717, 1.165) is 16.8 Å². The number of aliphatic hydroxyl groups is 1. The van der Waals surface area contributed by atoms with E-state index in [1.807, 2.05) is 49.4 Å². The SMILES string of the molecule is COc1ccc(C)cc1C(O)CNc1ccc(I)cc1. The second kappa shape index (κ2) is 6.95. The molecule has 0 bridgehead atoms. The summed E-state index contributed by atoms with van der Waals surface area (Å²) in [6.45, 7) is 2.45. The summed E-state index contributed by atoms with van der Waals surface area (Å²) in [6, 6.07) is 13.9. The van der Waals surface area contributed by atoms with E-state index in [1.165, 1.54) is 3.57 Å². The van der Waals surface area contributed by atoms with Crippen LogP contribution in [0.25, 0.3) is 0 Å². The summed E-state index contributed by atoms with van der Waals surface area (Å²) in [4.78, 5) is 0. The van der Waals surface area contributed by atoms with E-state index in [2.05, 4.69) is 27.9 Å². The number of methoxy groups -OCH3 is 1. The molecule has 0 saturated heterocycles. The Balaban J connectivity index is 2.06. The first-order valence-corrected chi connectivity index (χ1v) is 7.50. The number of hydrogen-bond acceptors (Lipinski definition) is 3. The van der Waals surface area contributed by atoms with E-state index in [9.17, 15) is 5.11 Å². The predicted molar refractivity (Wildman–Crippen MR) is 90.3 cm³/mol. The van der Waals surface area contributed by atoms with Gasteiger partial charge in [0.15, 0.2) is 0 Å². The standard InChI is InChI=1S/C16H18INO2/c1-11-3-8-16(20-2)14(9-11)15(19)10-18-13-6-4-12(17)5-7-13/h3-9,15,18-19H,10H2,1-2H3. The first-order chi connectivity index (χ1) is 9.60. The van der Waals surface area contributed by atoms with Crippen LogP contribution in [0.5, 0.6) is 5.75 Å². The molecule has 0 saturated carbocycles. The van der Waals surface area contributed by atoms with Gasteiger partial charge in [-0.1, -0.05) is 11.6 Å². The average molecular weight is 383 g/mol. The van der Waals surface area contributed by atoms with Gasteiger partial charge in [0, 0.05) is 21.4 Å². The second-order valence-corrected chi connectivity index (χ2v) is 5.89. The van der Waals surface area contributed by atoms with Gasteiger partial charge in [-0.05, 0) is 65.9 Å². The molecule has 2 N–H and O–H groups in total. The molecule has 0 fully saturated rings. The van der Waals surface area contributed by atoms with Gasteiger partial charge in [-0.2, -0.15) is 0 Å². The molecule has 0 aliphatic carbocycles. The van der Waals surface area contributed by atoms with Gasteiger partial charge in [-0.3, -0.25) is 0 Å². The normalized spacial score (nSPS) is 12.0. The quantitative estimate of drug-likeness (QED) is 0.773. The van der Waals surface area contributed by atoms with Gasteiger partial charge >= 0.3 is 0 Å². The summed E-state index contributed by atoms with van der Waals surface area (Å²) in [5.41, 5.74) is 2.91. The van der Waals surface area contributed by atoms with Gasteiger partial charge in [0.25, 0.3) is 0 Å². The van der Waals surface area contributed by atoms with Crippen LogP contribution in [0, 0.1) is 10.5 Å². The molecule has 0 amide bonds. The van der Waals surface area contributed by atoms with E-state index in [1.54, 1.807) is 7.11 Å². The summed E-state index contributed by atoms with van der Waals surface area (Å²) in [5, 5.41) is 13.6. The lowest BCUT2D eigenvalue weighted by atomic mass is 10.1. The maximum absolute atomic E-state index is 10.3. The Hall–Kier alpha value is -1.27. The van der Waals surface area contributed by atoms with Gasteiger partial charge in [0.2, 0.25) is 0 Å². The van der Waals surface area contributed by atoms with E-state index < -0.39 is 6.10 Å². The summed E-state index contributed by atoms with van der Waals surface area (Å²) < 4.78 is 6.49. The molecule has 4 heteroatoms. The summed E-state index contributed by atoms with van der Waals surface area (Å²) in [5.74, 6) is 0.715. The Labute approximate surface area is 133 Å². The maximum Gasteiger partial charge on any atom is 0.124 e. The van der Waals surface area contributed by atoms with Gasteiger partial charge in [-0.25, -0.2) is 0 Å². The Morgan fingerprint density at radius 1 is 1.20 bits per heavy atom. The molecule has 0 aliphatic heterocycles. The lowest BCUT2D eigenvalue weighted by molar-refractivity contribution is 0.187. The molecule has 2 rings (SSSR count). The van der Waals surface area contributed by atoms with Crippen LogP contribution in [0.3, 0.4) is 0 Å². The van der Waals surface area contributed by atoms with Crippen LogP contribution in [0.1, 0.15) is 17.2 Å². The van der Waals surface area contributed by atoms with Crippen molar-refractivity contribution in [3.8, 4) is 5.75 Å². The summed E-state index contributed by atoms with van der Waals surface area (Å²) in [6.07, 6.45) is -0.607. The minimum atomic E-state index is -0.607. The van der Waals surface area contributed by atoms with Crippen molar-refractivity contribution in [2.45, 2.75) is 13.0 Å². The molecule has 20 heavy (non-hydrogen) atoms. The Kier molecular flexibility index (Phi) is 5.25. The minimum Gasteiger partial charge on any atom is -0.496 e. The van der Waals surface area contributed by atoms with Gasteiger partial charge < -0.3 is 15.2 Å². The number of anilines is 1. The molecule has 3 nitrogen and oxygen atoms in total. The highest BCUT2D eigenvalue weighted by Crippen LogP contribution is 2.26. The number of ether oxygens (including phenoxy) is 1. The van der Waals surface area contributed by atoms with Crippen molar-refractivity contribution >= 4 is 28.3 Å². The molecule has 2 aromatic rings. The fourth-order valence-corrected chi connectivity index (χ4v) is 2.37. The molecule has 1 unspecified atom stereocenters. The molecule has 2 aromatic carbocycles. The molecular weight excluding hydrogens is 365 g/mol. The minimum absolute atomic E-state index is 0.445. The third-order valence-electron chi connectivity index (χ3n) is 3.09. The third-order valence-corrected chi connectivity index (χ3v) is 3.81. The van der Waals surface area contributed by atoms with Crippen molar-refractivity contribution in [2.75, 3.05) is 19.0 Å². The van der Waals surface area contributed by atoms with Crippen molar-refractivity contribution < 1.29 is 9.84 Å². The molecule has 0 spiro atoms. The van der Waals surface area contributed by atoms with Gasteiger partial charge in [0.1, 0.15) is 5.75 Å². The number of hydrogen-bond donors (Lipinski definition) is 2. The van der Waals surface area contributed by atoms with E-state index in [0.29, 0.717) is 12.3 Å². The van der Waals surface area contributed by atoms with Crippen LogP contribution in [0.15, 0.2) is 42.5 Å². The molecule has 106 valence electrons. The largest absolute Gasteiger partial charge is 0.496 e. The van der Waals surface area contributed by atoms with Crippen LogP contribution in [-0.4, -0.2) is 18.8 Å². The zero-order valence-electron chi connectivity index (χ0n) is 11.6. The maximum atomic E-state index is 10.3. The Morgan fingerprint density at radius 3 is 2.55 bits per heavy atom. The molecule has 0 radical (unpaired) electrons. The van der Waals surface area contributed by atoms with Crippen molar-refractivity contribution in [2.24, 2.45) is 0 Å². The Bertz CT molecular complexity index is 569. The predicted octanol–water partition coefficient (Wildman–Crippen LogP) is 3.75. The number of halogens is 1. The zero-order valence-corrected chi connectivity index (χ0v) is 13.7. The lowest BCUT2D eigenvalue weighted by Crippen LogP contribution is -2.13. The van der Waals surface area contributed by atoms with Crippen LogP contribution < -0.4 is 10.1 Å². The smallest absolute Gasteiger partial charge is 0.124 e. The lowest BCUT2D eigenvalue weighted by Gasteiger charge is -2.17. The average Bonchev–Trinajstić information content (AvgIpc) is 2.46. The highest BCUT2D eigenvalue weighted by atomic mass is 127. The first-order valence-electron chi connectivity index (χ1n) is 6.42. The second-order valence-electron chi connectivity index (χ2n) is 4.65. The topological polar surface area (TPSA) is 41.5 Å². The molecular formula is C16H18INO2. The number of nitrogens with one attached hydrogen (secondary N) is 1. The fourth-order valence-electron chi connectivity index (χ4n) is 2.01. The number of rotatable bonds is 5. The monoisotopic (exact) mass is 383 g/mol. The van der Waals surface area contributed by atoms with E-state index in [-0.39, 0.29) is 0 Å².